The maximum atomic E-state index is 13.5. The second-order valence-electron chi connectivity index (χ2n) is 8.79. The number of sulfonamides is 1. The topological polar surface area (TPSA) is 112 Å². The minimum atomic E-state index is -3.75. The summed E-state index contributed by atoms with van der Waals surface area (Å²) in [5.74, 6) is 2.45. The average Bonchev–Trinajstić information content (AvgIpc) is 2.93. The molecule has 1 fully saturated rings. The fourth-order valence-corrected chi connectivity index (χ4v) is 6.11. The molecule has 12 heteroatoms. The van der Waals surface area contributed by atoms with E-state index in [1.165, 1.54) is 30.7 Å². The first-order valence-corrected chi connectivity index (χ1v) is 13.6. The Kier molecular flexibility index (Phi) is 6.86. The number of benzene rings is 2. The van der Waals surface area contributed by atoms with E-state index in [9.17, 15) is 13.2 Å². The summed E-state index contributed by atoms with van der Waals surface area (Å²) in [5.41, 5.74) is 0.371. The zero-order valence-corrected chi connectivity index (χ0v) is 21.9. The largest absolute Gasteiger partial charge is 0.493 e. The first-order valence-electron chi connectivity index (χ1n) is 12.2. The third kappa shape index (κ3) is 4.55. The molecule has 0 bridgehead atoms. The summed E-state index contributed by atoms with van der Waals surface area (Å²) < 4.78 is 51.6. The zero-order valence-electron chi connectivity index (χ0n) is 21.1. The highest BCUT2D eigenvalue weighted by atomic mass is 32.2. The summed E-state index contributed by atoms with van der Waals surface area (Å²) >= 11 is 0. The molecule has 2 aliphatic heterocycles. The molecule has 0 N–H and O–H groups in total. The monoisotopic (exact) mass is 530 g/mol. The second kappa shape index (κ2) is 10.1. The van der Waals surface area contributed by atoms with E-state index >= 15 is 0 Å². The number of hydrogen-bond acceptors (Lipinski definition) is 9. The number of rotatable bonds is 7. The second-order valence-corrected chi connectivity index (χ2v) is 10.7. The molecular weight excluding hydrogens is 500 g/mol. The summed E-state index contributed by atoms with van der Waals surface area (Å²) in [7, 11) is -0.781. The van der Waals surface area contributed by atoms with Gasteiger partial charge in [0.2, 0.25) is 16.0 Å². The zero-order chi connectivity index (χ0) is 26.2. The van der Waals surface area contributed by atoms with Crippen LogP contribution in [0.25, 0.3) is 10.9 Å². The van der Waals surface area contributed by atoms with Crippen LogP contribution in [-0.4, -0.2) is 75.9 Å². The smallest absolute Gasteiger partial charge is 0.262 e. The van der Waals surface area contributed by atoms with Gasteiger partial charge in [-0.05, 0) is 24.6 Å². The number of methoxy groups -OCH3 is 2. The van der Waals surface area contributed by atoms with Crippen LogP contribution in [0.3, 0.4) is 0 Å². The van der Waals surface area contributed by atoms with Gasteiger partial charge in [-0.2, -0.15) is 4.31 Å². The number of aromatic nitrogens is 2. The molecule has 11 nitrogen and oxygen atoms in total. The molecule has 1 aromatic heterocycles. The van der Waals surface area contributed by atoms with Gasteiger partial charge < -0.3 is 23.8 Å². The summed E-state index contributed by atoms with van der Waals surface area (Å²) in [6, 6.07) is 8.00. The number of ether oxygens (including phenoxy) is 4. The van der Waals surface area contributed by atoms with Crippen LogP contribution in [0.4, 0.5) is 5.95 Å². The Balaban J connectivity index is 1.43. The van der Waals surface area contributed by atoms with Gasteiger partial charge in [0.25, 0.3) is 5.56 Å². The van der Waals surface area contributed by atoms with Gasteiger partial charge >= 0.3 is 0 Å². The van der Waals surface area contributed by atoms with Crippen molar-refractivity contribution in [3.05, 3.63) is 40.7 Å². The normalized spacial score (nSPS) is 16.1. The van der Waals surface area contributed by atoms with E-state index in [0.29, 0.717) is 72.7 Å². The molecule has 0 saturated carbocycles. The third-order valence-corrected chi connectivity index (χ3v) is 8.45. The SMILES string of the molecule is CCCn1c(N2CCN(S(=O)(=O)c3ccc(OC)c(OC)c3)CC2)nc2cc3c(cc2c1=O)OCCO3. The lowest BCUT2D eigenvalue weighted by molar-refractivity contribution is 0.172. The maximum Gasteiger partial charge on any atom is 0.262 e. The van der Waals surface area contributed by atoms with Crippen LogP contribution in [0.1, 0.15) is 13.3 Å². The molecule has 0 spiro atoms. The predicted molar refractivity (Wildman–Crippen MR) is 138 cm³/mol. The van der Waals surface area contributed by atoms with Gasteiger partial charge in [-0.1, -0.05) is 6.92 Å². The molecule has 0 radical (unpaired) electrons. The first-order chi connectivity index (χ1) is 17.9. The van der Waals surface area contributed by atoms with E-state index in [1.54, 1.807) is 22.8 Å². The molecule has 3 heterocycles. The molecule has 0 unspecified atom stereocenters. The Hall–Kier alpha value is -3.51. The quantitative estimate of drug-likeness (QED) is 0.453. The molecule has 0 aliphatic carbocycles. The maximum absolute atomic E-state index is 13.5. The van der Waals surface area contributed by atoms with Crippen molar-refractivity contribution < 1.29 is 27.4 Å². The van der Waals surface area contributed by atoms with E-state index < -0.39 is 10.0 Å². The lowest BCUT2D eigenvalue weighted by atomic mass is 10.2. The standard InChI is InChI=1S/C25H30N4O7S/c1-4-7-29-24(30)18-15-22-23(36-13-12-35-22)16-19(18)26-25(29)27-8-10-28(11-9-27)37(31,32)17-5-6-20(33-2)21(14-17)34-3/h5-6,14-16H,4,7-13H2,1-3H3. The van der Waals surface area contributed by atoms with E-state index in [-0.39, 0.29) is 23.5 Å². The minimum absolute atomic E-state index is 0.136. The van der Waals surface area contributed by atoms with E-state index in [4.69, 9.17) is 23.9 Å². The van der Waals surface area contributed by atoms with Crippen LogP contribution in [0.2, 0.25) is 0 Å². The number of nitrogens with zero attached hydrogens (tertiary/aromatic N) is 4. The number of hydrogen-bond donors (Lipinski definition) is 0. The first kappa shape index (κ1) is 25.2. The Morgan fingerprint density at radius 1 is 0.946 bits per heavy atom. The summed E-state index contributed by atoms with van der Waals surface area (Å²) in [6.45, 7) is 4.64. The molecule has 0 atom stereocenters. The predicted octanol–water partition coefficient (Wildman–Crippen LogP) is 2.11. The molecule has 2 aliphatic rings. The van der Waals surface area contributed by atoms with Crippen LogP contribution in [-0.2, 0) is 16.6 Å². The molecule has 1 saturated heterocycles. The summed E-state index contributed by atoms with van der Waals surface area (Å²) in [6.07, 6.45) is 0.748. The van der Waals surface area contributed by atoms with E-state index in [2.05, 4.69) is 0 Å². The van der Waals surface area contributed by atoms with Crippen LogP contribution in [0, 0.1) is 0 Å². The third-order valence-electron chi connectivity index (χ3n) is 6.56. The van der Waals surface area contributed by atoms with Crippen molar-refractivity contribution >= 4 is 26.9 Å². The van der Waals surface area contributed by atoms with Crippen molar-refractivity contribution in [3.63, 3.8) is 0 Å². The molecular formula is C25H30N4O7S. The van der Waals surface area contributed by atoms with E-state index in [0.717, 1.165) is 6.42 Å². The summed E-state index contributed by atoms with van der Waals surface area (Å²) in [5, 5.41) is 0.469. The van der Waals surface area contributed by atoms with Gasteiger partial charge in [-0.3, -0.25) is 9.36 Å². The van der Waals surface area contributed by atoms with Crippen molar-refractivity contribution in [2.24, 2.45) is 0 Å². The van der Waals surface area contributed by atoms with Crippen LogP contribution < -0.4 is 29.4 Å². The number of fused-ring (bicyclic) bond motifs is 2. The number of piperazine rings is 1. The average molecular weight is 531 g/mol. The van der Waals surface area contributed by atoms with Crippen LogP contribution >= 0.6 is 0 Å². The Bertz CT molecular complexity index is 1480. The van der Waals surface area contributed by atoms with Crippen molar-refractivity contribution in [3.8, 4) is 23.0 Å². The molecule has 0 amide bonds. The lowest BCUT2D eigenvalue weighted by Gasteiger charge is -2.35. The van der Waals surface area contributed by atoms with Gasteiger partial charge in [0.05, 0.1) is 30.0 Å². The highest BCUT2D eigenvalue weighted by Crippen LogP contribution is 2.34. The van der Waals surface area contributed by atoms with Gasteiger partial charge in [-0.25, -0.2) is 13.4 Å². The minimum Gasteiger partial charge on any atom is -0.493 e. The van der Waals surface area contributed by atoms with E-state index in [1.807, 2.05) is 11.8 Å². The van der Waals surface area contributed by atoms with Crippen LogP contribution in [0.15, 0.2) is 40.0 Å². The lowest BCUT2D eigenvalue weighted by Crippen LogP contribution is -2.50. The van der Waals surface area contributed by atoms with Crippen molar-refractivity contribution in [2.45, 2.75) is 24.8 Å². The molecule has 198 valence electrons. The molecule has 3 aromatic rings. The Morgan fingerprint density at radius 2 is 1.62 bits per heavy atom. The van der Waals surface area contributed by atoms with Gasteiger partial charge in [-0.15, -0.1) is 0 Å². The molecule has 5 rings (SSSR count). The van der Waals surface area contributed by atoms with Crippen molar-refractivity contribution in [1.29, 1.82) is 0 Å². The Labute approximate surface area is 215 Å². The van der Waals surface area contributed by atoms with Gasteiger partial charge in [0.15, 0.2) is 23.0 Å². The van der Waals surface area contributed by atoms with Crippen molar-refractivity contribution in [1.82, 2.24) is 13.9 Å². The highest BCUT2D eigenvalue weighted by molar-refractivity contribution is 7.89. The van der Waals surface area contributed by atoms with Crippen LogP contribution in [0.5, 0.6) is 23.0 Å². The van der Waals surface area contributed by atoms with Gasteiger partial charge in [0.1, 0.15) is 13.2 Å². The fraction of sp³-hybridized carbons (Fsp3) is 0.440. The highest BCUT2D eigenvalue weighted by Gasteiger charge is 2.31. The summed E-state index contributed by atoms with van der Waals surface area (Å²) in [4.78, 5) is 20.4. The molecule has 2 aromatic carbocycles. The Morgan fingerprint density at radius 3 is 2.27 bits per heavy atom. The van der Waals surface area contributed by atoms with Gasteiger partial charge in [0, 0.05) is 44.9 Å². The molecule has 37 heavy (non-hydrogen) atoms. The van der Waals surface area contributed by atoms with Crippen molar-refractivity contribution in [2.75, 3.05) is 58.5 Å². The fourth-order valence-electron chi connectivity index (χ4n) is 4.67. The number of anilines is 1.